The summed E-state index contributed by atoms with van der Waals surface area (Å²) in [6.45, 7) is 2.21. The zero-order chi connectivity index (χ0) is 13.7. The molecule has 4 nitrogen and oxygen atoms in total. The Morgan fingerprint density at radius 2 is 2.05 bits per heavy atom. The number of ether oxygens (including phenoxy) is 3. The van der Waals surface area contributed by atoms with Crippen LogP contribution in [0.3, 0.4) is 0 Å². The standard InChI is InChI=1S/C13H12Cl2O4/c1-2-17-11(16)12(6-13(12,14)15)8-3-4-9-10(5-8)19-7-18-9/h3-5H,2,6-7H2,1H3. The van der Waals surface area contributed by atoms with E-state index in [1.165, 1.54) is 0 Å². The minimum atomic E-state index is -1.13. The van der Waals surface area contributed by atoms with E-state index in [1.807, 2.05) is 0 Å². The van der Waals surface area contributed by atoms with E-state index in [2.05, 4.69) is 0 Å². The highest BCUT2D eigenvalue weighted by atomic mass is 35.5. The number of carbonyl (C=O) groups is 1. The normalized spacial score (nSPS) is 26.1. The third-order valence-corrected chi connectivity index (χ3v) is 4.39. The lowest BCUT2D eigenvalue weighted by Gasteiger charge is -2.17. The Morgan fingerprint density at radius 3 is 2.68 bits per heavy atom. The second kappa shape index (κ2) is 4.18. The molecule has 102 valence electrons. The zero-order valence-corrected chi connectivity index (χ0v) is 11.8. The van der Waals surface area contributed by atoms with Crippen LogP contribution >= 0.6 is 23.2 Å². The van der Waals surface area contributed by atoms with E-state index in [9.17, 15) is 4.79 Å². The highest BCUT2D eigenvalue weighted by molar-refractivity contribution is 6.54. The lowest BCUT2D eigenvalue weighted by molar-refractivity contribution is -0.146. The van der Waals surface area contributed by atoms with Crippen LogP contribution in [0.2, 0.25) is 0 Å². The molecule has 1 heterocycles. The van der Waals surface area contributed by atoms with Gasteiger partial charge in [-0.15, -0.1) is 0 Å². The second-order valence-corrected chi connectivity index (χ2v) is 6.06. The minimum absolute atomic E-state index is 0.179. The molecular formula is C13H12Cl2O4. The van der Waals surface area contributed by atoms with Crippen LogP contribution in [0.25, 0.3) is 0 Å². The summed E-state index contributed by atoms with van der Waals surface area (Å²) in [5, 5.41) is 0. The van der Waals surface area contributed by atoms with E-state index < -0.39 is 15.7 Å². The van der Waals surface area contributed by atoms with Crippen molar-refractivity contribution in [2.75, 3.05) is 13.4 Å². The molecule has 0 radical (unpaired) electrons. The molecule has 1 saturated carbocycles. The van der Waals surface area contributed by atoms with Gasteiger partial charge in [-0.1, -0.05) is 29.3 Å². The maximum atomic E-state index is 12.2. The molecule has 19 heavy (non-hydrogen) atoms. The third-order valence-electron chi connectivity index (χ3n) is 3.48. The molecule has 1 atom stereocenters. The quantitative estimate of drug-likeness (QED) is 0.636. The molecular weight excluding hydrogens is 291 g/mol. The highest BCUT2D eigenvalue weighted by Gasteiger charge is 2.73. The maximum absolute atomic E-state index is 12.2. The van der Waals surface area contributed by atoms with Crippen LogP contribution in [0, 0.1) is 0 Å². The van der Waals surface area contributed by atoms with Crippen molar-refractivity contribution in [3.05, 3.63) is 23.8 Å². The molecule has 1 aliphatic heterocycles. The monoisotopic (exact) mass is 302 g/mol. The number of fused-ring (bicyclic) bond motifs is 1. The predicted molar refractivity (Wildman–Crippen MR) is 69.9 cm³/mol. The fourth-order valence-corrected chi connectivity index (χ4v) is 3.13. The van der Waals surface area contributed by atoms with Gasteiger partial charge in [0.05, 0.1) is 6.61 Å². The summed E-state index contributed by atoms with van der Waals surface area (Å²) in [6.07, 6.45) is 0.335. The van der Waals surface area contributed by atoms with Gasteiger partial charge in [-0.2, -0.15) is 0 Å². The van der Waals surface area contributed by atoms with Crippen molar-refractivity contribution >= 4 is 29.2 Å². The van der Waals surface area contributed by atoms with Crippen molar-refractivity contribution < 1.29 is 19.0 Å². The SMILES string of the molecule is CCOC(=O)C1(c2ccc3c(c2)OCO3)CC1(Cl)Cl. The van der Waals surface area contributed by atoms with Crippen molar-refractivity contribution in [2.24, 2.45) is 0 Å². The Bertz CT molecular complexity index is 543. The van der Waals surface area contributed by atoms with Crippen LogP contribution in [-0.2, 0) is 14.9 Å². The van der Waals surface area contributed by atoms with E-state index >= 15 is 0 Å². The molecule has 1 aromatic carbocycles. The van der Waals surface area contributed by atoms with Gasteiger partial charge >= 0.3 is 5.97 Å². The first-order valence-electron chi connectivity index (χ1n) is 5.96. The van der Waals surface area contributed by atoms with Gasteiger partial charge in [0.1, 0.15) is 9.75 Å². The van der Waals surface area contributed by atoms with Gasteiger partial charge in [0.2, 0.25) is 6.79 Å². The molecule has 1 fully saturated rings. The van der Waals surface area contributed by atoms with Crippen molar-refractivity contribution in [3.8, 4) is 11.5 Å². The van der Waals surface area contributed by atoms with E-state index in [4.69, 9.17) is 37.4 Å². The molecule has 0 N–H and O–H groups in total. The highest BCUT2D eigenvalue weighted by Crippen LogP contribution is 2.66. The van der Waals surface area contributed by atoms with Gasteiger partial charge in [-0.25, -0.2) is 0 Å². The van der Waals surface area contributed by atoms with Gasteiger partial charge in [-0.3, -0.25) is 4.79 Å². The Labute approximate surface area is 120 Å². The van der Waals surface area contributed by atoms with E-state index in [-0.39, 0.29) is 13.4 Å². The summed E-state index contributed by atoms with van der Waals surface area (Å²) in [6, 6.07) is 5.27. The Balaban J connectivity index is 2.01. The van der Waals surface area contributed by atoms with Crippen LogP contribution in [0.15, 0.2) is 18.2 Å². The topological polar surface area (TPSA) is 44.8 Å². The summed E-state index contributed by atoms with van der Waals surface area (Å²) >= 11 is 12.3. The molecule has 1 aliphatic carbocycles. The van der Waals surface area contributed by atoms with Gasteiger partial charge in [0, 0.05) is 6.42 Å². The molecule has 3 rings (SSSR count). The Kier molecular flexibility index (Phi) is 2.84. The number of benzene rings is 1. The number of halogens is 2. The smallest absolute Gasteiger partial charge is 0.319 e. The number of hydrogen-bond donors (Lipinski definition) is 0. The van der Waals surface area contributed by atoms with Gasteiger partial charge in [0.15, 0.2) is 11.5 Å². The number of rotatable bonds is 3. The number of alkyl halides is 2. The summed E-state index contributed by atoms with van der Waals surface area (Å²) < 4.78 is 14.5. The number of esters is 1. The first kappa shape index (κ1) is 12.9. The Morgan fingerprint density at radius 1 is 1.37 bits per heavy atom. The van der Waals surface area contributed by atoms with Crippen molar-refractivity contribution in [3.63, 3.8) is 0 Å². The van der Waals surface area contributed by atoms with E-state index in [0.717, 1.165) is 0 Å². The first-order valence-corrected chi connectivity index (χ1v) is 6.72. The van der Waals surface area contributed by atoms with Crippen LogP contribution in [0.5, 0.6) is 11.5 Å². The average molecular weight is 303 g/mol. The largest absolute Gasteiger partial charge is 0.465 e. The summed E-state index contributed by atoms with van der Waals surface area (Å²) in [5.74, 6) is 0.842. The third kappa shape index (κ3) is 1.77. The van der Waals surface area contributed by atoms with Crippen LogP contribution in [0.1, 0.15) is 18.9 Å². The summed E-state index contributed by atoms with van der Waals surface area (Å²) in [4.78, 5) is 12.2. The zero-order valence-electron chi connectivity index (χ0n) is 10.2. The second-order valence-electron chi connectivity index (χ2n) is 4.58. The van der Waals surface area contributed by atoms with Crippen molar-refractivity contribution in [2.45, 2.75) is 23.1 Å². The maximum Gasteiger partial charge on any atom is 0.319 e. The molecule has 6 heteroatoms. The van der Waals surface area contributed by atoms with E-state index in [1.54, 1.807) is 25.1 Å². The fourth-order valence-electron chi connectivity index (χ4n) is 2.36. The number of hydrogen-bond acceptors (Lipinski definition) is 4. The molecule has 1 aromatic rings. The van der Waals surface area contributed by atoms with Crippen LogP contribution in [-0.4, -0.2) is 23.7 Å². The molecule has 0 spiro atoms. The minimum Gasteiger partial charge on any atom is -0.465 e. The van der Waals surface area contributed by atoms with Gasteiger partial charge < -0.3 is 14.2 Å². The van der Waals surface area contributed by atoms with Gasteiger partial charge in [0.25, 0.3) is 0 Å². The molecule has 1 unspecified atom stereocenters. The fraction of sp³-hybridized carbons (Fsp3) is 0.462. The molecule has 0 amide bonds. The van der Waals surface area contributed by atoms with Crippen molar-refractivity contribution in [1.29, 1.82) is 0 Å². The molecule has 0 saturated heterocycles. The molecule has 2 aliphatic rings. The van der Waals surface area contributed by atoms with Crippen LogP contribution in [0.4, 0.5) is 0 Å². The Hall–Kier alpha value is -1.13. The average Bonchev–Trinajstić information content (AvgIpc) is 2.73. The van der Waals surface area contributed by atoms with Gasteiger partial charge in [-0.05, 0) is 24.6 Å². The predicted octanol–water partition coefficient (Wildman–Crippen LogP) is 2.79. The number of carbonyl (C=O) groups excluding carboxylic acids is 1. The molecule has 0 bridgehead atoms. The first-order chi connectivity index (χ1) is 9.01. The lowest BCUT2D eigenvalue weighted by Crippen LogP contribution is -2.28. The van der Waals surface area contributed by atoms with Crippen LogP contribution < -0.4 is 9.47 Å². The summed E-state index contributed by atoms with van der Waals surface area (Å²) in [5.41, 5.74) is -0.312. The summed E-state index contributed by atoms with van der Waals surface area (Å²) in [7, 11) is 0. The lowest BCUT2D eigenvalue weighted by atomic mass is 9.95. The van der Waals surface area contributed by atoms with Crippen molar-refractivity contribution in [1.82, 2.24) is 0 Å². The van der Waals surface area contributed by atoms with E-state index in [0.29, 0.717) is 23.5 Å². The molecule has 0 aromatic heterocycles.